The second-order valence-corrected chi connectivity index (χ2v) is 7.15. The van der Waals surface area contributed by atoms with Gasteiger partial charge in [-0.1, -0.05) is 13.8 Å². The molecule has 3 nitrogen and oxygen atoms in total. The molecule has 1 aromatic heterocycles. The lowest BCUT2D eigenvalue weighted by molar-refractivity contribution is 0.411. The van der Waals surface area contributed by atoms with Gasteiger partial charge in [0.2, 0.25) is 0 Å². The predicted octanol–water partition coefficient (Wildman–Crippen LogP) is 3.30. The Bertz CT molecular complexity index is 436. The van der Waals surface area contributed by atoms with Gasteiger partial charge in [-0.3, -0.25) is 0 Å². The molecule has 0 radical (unpaired) electrons. The van der Waals surface area contributed by atoms with Crippen LogP contribution in [0, 0.1) is 0 Å². The third-order valence-electron chi connectivity index (χ3n) is 2.32. The molecule has 0 bridgehead atoms. The van der Waals surface area contributed by atoms with Crippen molar-refractivity contribution in [3.8, 4) is 0 Å². The van der Waals surface area contributed by atoms with E-state index < -0.39 is 10.0 Å². The summed E-state index contributed by atoms with van der Waals surface area (Å²) in [6, 6.07) is 1.67. The number of nitrogens with zero attached hydrogens (tertiary/aromatic N) is 1. The first-order chi connectivity index (χ1) is 8.06. The number of halogens is 1. The van der Waals surface area contributed by atoms with Crippen LogP contribution in [0.5, 0.6) is 0 Å². The Morgan fingerprint density at radius 2 is 1.88 bits per heavy atom. The van der Waals surface area contributed by atoms with E-state index in [2.05, 4.69) is 0 Å². The molecule has 1 rings (SSSR count). The van der Waals surface area contributed by atoms with Gasteiger partial charge >= 0.3 is 0 Å². The van der Waals surface area contributed by atoms with Crippen molar-refractivity contribution in [1.82, 2.24) is 4.31 Å². The highest BCUT2D eigenvalue weighted by molar-refractivity contribution is 7.91. The molecule has 0 saturated heterocycles. The van der Waals surface area contributed by atoms with Gasteiger partial charge in [0, 0.05) is 19.0 Å². The van der Waals surface area contributed by atoms with E-state index in [4.69, 9.17) is 11.6 Å². The minimum atomic E-state index is -3.32. The van der Waals surface area contributed by atoms with Crippen LogP contribution < -0.4 is 0 Å². The highest BCUT2D eigenvalue weighted by Crippen LogP contribution is 2.25. The van der Waals surface area contributed by atoms with Gasteiger partial charge in [-0.15, -0.1) is 22.9 Å². The van der Waals surface area contributed by atoms with E-state index in [0.717, 1.165) is 18.4 Å². The van der Waals surface area contributed by atoms with Crippen molar-refractivity contribution in [3.05, 3.63) is 17.0 Å². The Hall–Kier alpha value is -0.100. The average molecular weight is 296 g/mol. The van der Waals surface area contributed by atoms with Crippen LogP contribution >= 0.6 is 22.9 Å². The Morgan fingerprint density at radius 1 is 1.29 bits per heavy atom. The lowest BCUT2D eigenvalue weighted by atomic mass is 10.4. The van der Waals surface area contributed by atoms with Gasteiger partial charge in [-0.25, -0.2) is 8.42 Å². The molecule has 0 spiro atoms. The summed E-state index contributed by atoms with van der Waals surface area (Å²) in [6.45, 7) is 5.11. The van der Waals surface area contributed by atoms with Crippen LogP contribution in [0.15, 0.2) is 15.7 Å². The SMILES string of the molecule is CCCN(CCC)S(=O)(=O)c1cc(CCl)cs1. The fourth-order valence-electron chi connectivity index (χ4n) is 1.54. The maximum absolute atomic E-state index is 12.3. The van der Waals surface area contributed by atoms with Crippen molar-refractivity contribution in [2.45, 2.75) is 36.8 Å². The molecule has 0 aliphatic rings. The van der Waals surface area contributed by atoms with E-state index in [1.807, 2.05) is 13.8 Å². The molecular weight excluding hydrogens is 278 g/mol. The zero-order valence-electron chi connectivity index (χ0n) is 10.1. The third kappa shape index (κ3) is 3.68. The van der Waals surface area contributed by atoms with Crippen molar-refractivity contribution < 1.29 is 8.42 Å². The Labute approximate surface area is 112 Å². The first kappa shape index (κ1) is 15.0. The van der Waals surface area contributed by atoms with Gasteiger partial charge in [0.05, 0.1) is 0 Å². The second-order valence-electron chi connectivity index (χ2n) is 3.81. The Kier molecular flexibility index (Phi) is 5.92. The minimum absolute atomic E-state index is 0.355. The number of hydrogen-bond acceptors (Lipinski definition) is 3. The summed E-state index contributed by atoms with van der Waals surface area (Å²) in [4.78, 5) is 0. The monoisotopic (exact) mass is 295 g/mol. The third-order valence-corrected chi connectivity index (χ3v) is 6.00. The molecule has 0 unspecified atom stereocenters. The molecule has 0 atom stereocenters. The van der Waals surface area contributed by atoms with E-state index >= 15 is 0 Å². The van der Waals surface area contributed by atoms with Crippen LogP contribution in [-0.4, -0.2) is 25.8 Å². The minimum Gasteiger partial charge on any atom is -0.206 e. The predicted molar refractivity (Wildman–Crippen MR) is 73.2 cm³/mol. The number of rotatable bonds is 7. The Morgan fingerprint density at radius 3 is 2.29 bits per heavy atom. The standard InChI is InChI=1S/C11H18ClNO2S2/c1-3-5-13(6-4-2)17(14,15)11-7-10(8-12)9-16-11/h7,9H,3-6,8H2,1-2H3. The van der Waals surface area contributed by atoms with Crippen molar-refractivity contribution in [3.63, 3.8) is 0 Å². The molecule has 0 amide bonds. The van der Waals surface area contributed by atoms with E-state index in [9.17, 15) is 8.42 Å². The Balaban J connectivity index is 2.98. The molecule has 0 fully saturated rings. The summed E-state index contributed by atoms with van der Waals surface area (Å²) in [5.74, 6) is 0.355. The molecule has 6 heteroatoms. The number of alkyl halides is 1. The van der Waals surface area contributed by atoms with Crippen LogP contribution in [-0.2, 0) is 15.9 Å². The molecule has 0 N–H and O–H groups in total. The molecule has 0 aliphatic heterocycles. The van der Waals surface area contributed by atoms with E-state index in [0.29, 0.717) is 23.2 Å². The van der Waals surface area contributed by atoms with Crippen LogP contribution in [0.1, 0.15) is 32.3 Å². The average Bonchev–Trinajstić information content (AvgIpc) is 2.78. The van der Waals surface area contributed by atoms with Gasteiger partial charge in [0.1, 0.15) is 4.21 Å². The van der Waals surface area contributed by atoms with Gasteiger partial charge in [0.15, 0.2) is 0 Å². The van der Waals surface area contributed by atoms with Gasteiger partial charge in [-0.05, 0) is 29.9 Å². The van der Waals surface area contributed by atoms with Crippen molar-refractivity contribution in [2.75, 3.05) is 13.1 Å². The summed E-state index contributed by atoms with van der Waals surface area (Å²) >= 11 is 6.94. The molecule has 1 heterocycles. The van der Waals surface area contributed by atoms with Crippen LogP contribution in [0.3, 0.4) is 0 Å². The smallest absolute Gasteiger partial charge is 0.206 e. The van der Waals surface area contributed by atoms with Crippen LogP contribution in [0.25, 0.3) is 0 Å². The first-order valence-corrected chi connectivity index (χ1v) is 8.55. The summed E-state index contributed by atoms with van der Waals surface area (Å²) in [5.41, 5.74) is 0.864. The highest BCUT2D eigenvalue weighted by Gasteiger charge is 2.24. The first-order valence-electron chi connectivity index (χ1n) is 5.69. The van der Waals surface area contributed by atoms with Crippen LogP contribution in [0.4, 0.5) is 0 Å². The quantitative estimate of drug-likeness (QED) is 0.724. The molecule has 98 valence electrons. The van der Waals surface area contributed by atoms with Crippen LogP contribution in [0.2, 0.25) is 0 Å². The maximum atomic E-state index is 12.3. The van der Waals surface area contributed by atoms with Gasteiger partial charge in [-0.2, -0.15) is 4.31 Å². The summed E-state index contributed by atoms with van der Waals surface area (Å²) in [6.07, 6.45) is 1.65. The molecule has 1 aromatic rings. The molecule has 17 heavy (non-hydrogen) atoms. The van der Waals surface area contributed by atoms with Crippen molar-refractivity contribution in [2.24, 2.45) is 0 Å². The van der Waals surface area contributed by atoms with E-state index in [-0.39, 0.29) is 0 Å². The summed E-state index contributed by atoms with van der Waals surface area (Å²) < 4.78 is 26.6. The lowest BCUT2D eigenvalue weighted by Gasteiger charge is -2.19. The normalized spacial score (nSPS) is 12.2. The van der Waals surface area contributed by atoms with Gasteiger partial charge < -0.3 is 0 Å². The topological polar surface area (TPSA) is 37.4 Å². The second kappa shape index (κ2) is 6.73. The largest absolute Gasteiger partial charge is 0.252 e. The molecule has 0 aliphatic carbocycles. The maximum Gasteiger partial charge on any atom is 0.252 e. The fourth-order valence-corrected chi connectivity index (χ4v) is 4.77. The summed E-state index contributed by atoms with van der Waals surface area (Å²) in [7, 11) is -3.32. The van der Waals surface area contributed by atoms with E-state index in [1.54, 1.807) is 15.8 Å². The highest BCUT2D eigenvalue weighted by atomic mass is 35.5. The number of sulfonamides is 1. The molecule has 0 saturated carbocycles. The molecular formula is C11H18ClNO2S2. The number of hydrogen-bond donors (Lipinski definition) is 0. The number of thiophene rings is 1. The summed E-state index contributed by atoms with van der Waals surface area (Å²) in [5, 5.41) is 1.80. The zero-order valence-corrected chi connectivity index (χ0v) is 12.5. The van der Waals surface area contributed by atoms with Crippen molar-refractivity contribution >= 4 is 33.0 Å². The molecule has 0 aromatic carbocycles. The van der Waals surface area contributed by atoms with E-state index in [1.165, 1.54) is 11.3 Å². The van der Waals surface area contributed by atoms with Crippen molar-refractivity contribution in [1.29, 1.82) is 0 Å². The fraction of sp³-hybridized carbons (Fsp3) is 0.636. The van der Waals surface area contributed by atoms with Gasteiger partial charge in [0.25, 0.3) is 10.0 Å². The zero-order chi connectivity index (χ0) is 12.9. The lowest BCUT2D eigenvalue weighted by Crippen LogP contribution is -2.32.